The SMILES string of the molecule is CCCCCN(Cc1cccc(CNCC)n1)C(C)C. The number of nitrogens with one attached hydrogen (secondary N) is 1. The van der Waals surface area contributed by atoms with Crippen LogP contribution in [0.4, 0.5) is 0 Å². The zero-order valence-corrected chi connectivity index (χ0v) is 13.7. The van der Waals surface area contributed by atoms with E-state index in [9.17, 15) is 0 Å². The minimum Gasteiger partial charge on any atom is -0.311 e. The van der Waals surface area contributed by atoms with E-state index in [1.807, 2.05) is 0 Å². The fourth-order valence-corrected chi connectivity index (χ4v) is 2.26. The van der Waals surface area contributed by atoms with Crippen molar-refractivity contribution in [2.24, 2.45) is 0 Å². The van der Waals surface area contributed by atoms with Gasteiger partial charge in [-0.1, -0.05) is 32.8 Å². The second-order valence-electron chi connectivity index (χ2n) is 5.67. The highest BCUT2D eigenvalue weighted by atomic mass is 15.1. The molecule has 1 heterocycles. The van der Waals surface area contributed by atoms with E-state index < -0.39 is 0 Å². The van der Waals surface area contributed by atoms with Gasteiger partial charge < -0.3 is 5.32 Å². The molecule has 20 heavy (non-hydrogen) atoms. The number of hydrogen-bond donors (Lipinski definition) is 1. The maximum absolute atomic E-state index is 4.76. The smallest absolute Gasteiger partial charge is 0.0547 e. The minimum atomic E-state index is 0.575. The van der Waals surface area contributed by atoms with E-state index in [-0.39, 0.29) is 0 Å². The number of pyridine rings is 1. The molecule has 1 N–H and O–H groups in total. The van der Waals surface area contributed by atoms with E-state index in [4.69, 9.17) is 4.98 Å². The summed E-state index contributed by atoms with van der Waals surface area (Å²) in [6.07, 6.45) is 3.88. The Balaban J connectivity index is 2.58. The van der Waals surface area contributed by atoms with Crippen molar-refractivity contribution in [3.63, 3.8) is 0 Å². The molecule has 0 saturated heterocycles. The van der Waals surface area contributed by atoms with Gasteiger partial charge in [0.1, 0.15) is 0 Å². The highest BCUT2D eigenvalue weighted by molar-refractivity contribution is 5.11. The molecule has 3 heteroatoms. The lowest BCUT2D eigenvalue weighted by Gasteiger charge is -2.26. The van der Waals surface area contributed by atoms with Crippen LogP contribution in [0.1, 0.15) is 58.3 Å². The molecule has 1 aromatic heterocycles. The van der Waals surface area contributed by atoms with E-state index in [1.165, 1.54) is 31.5 Å². The second kappa shape index (κ2) is 9.89. The molecule has 3 nitrogen and oxygen atoms in total. The molecule has 0 saturated carbocycles. The highest BCUT2D eigenvalue weighted by Gasteiger charge is 2.10. The van der Waals surface area contributed by atoms with Crippen molar-refractivity contribution >= 4 is 0 Å². The Labute approximate surface area is 124 Å². The van der Waals surface area contributed by atoms with Crippen LogP contribution >= 0.6 is 0 Å². The predicted octanol–water partition coefficient (Wildman–Crippen LogP) is 3.59. The molecule has 0 amide bonds. The standard InChI is InChI=1S/C17H31N3/c1-5-7-8-12-20(15(3)4)14-17-11-9-10-16(19-17)13-18-6-2/h9-11,15,18H,5-8,12-14H2,1-4H3. The van der Waals surface area contributed by atoms with E-state index in [0.29, 0.717) is 6.04 Å². The third-order valence-corrected chi connectivity index (χ3v) is 3.56. The van der Waals surface area contributed by atoms with Gasteiger partial charge in [-0.05, 0) is 45.5 Å². The van der Waals surface area contributed by atoms with Crippen molar-refractivity contribution in [2.75, 3.05) is 13.1 Å². The first kappa shape index (κ1) is 17.1. The van der Waals surface area contributed by atoms with Crippen molar-refractivity contribution in [1.82, 2.24) is 15.2 Å². The monoisotopic (exact) mass is 277 g/mol. The molecule has 0 aromatic carbocycles. The van der Waals surface area contributed by atoms with Crippen molar-refractivity contribution in [3.05, 3.63) is 29.6 Å². The van der Waals surface area contributed by atoms with Gasteiger partial charge in [-0.25, -0.2) is 0 Å². The topological polar surface area (TPSA) is 28.2 Å². The summed E-state index contributed by atoms with van der Waals surface area (Å²) in [5, 5.41) is 3.33. The molecule has 0 spiro atoms. The van der Waals surface area contributed by atoms with Crippen LogP contribution in [0.15, 0.2) is 18.2 Å². The van der Waals surface area contributed by atoms with Gasteiger partial charge in [-0.3, -0.25) is 9.88 Å². The van der Waals surface area contributed by atoms with Crippen molar-refractivity contribution in [2.45, 2.75) is 66.1 Å². The van der Waals surface area contributed by atoms with Gasteiger partial charge in [0, 0.05) is 19.1 Å². The van der Waals surface area contributed by atoms with Crippen LogP contribution in [0.5, 0.6) is 0 Å². The Kier molecular flexibility index (Phi) is 8.47. The summed E-state index contributed by atoms with van der Waals surface area (Å²) in [7, 11) is 0. The Bertz CT molecular complexity index is 363. The molecule has 0 atom stereocenters. The summed E-state index contributed by atoms with van der Waals surface area (Å²) < 4.78 is 0. The van der Waals surface area contributed by atoms with E-state index in [1.54, 1.807) is 0 Å². The lowest BCUT2D eigenvalue weighted by atomic mass is 10.2. The zero-order valence-electron chi connectivity index (χ0n) is 13.7. The number of unbranched alkanes of at least 4 members (excludes halogenated alkanes) is 2. The summed E-state index contributed by atoms with van der Waals surface area (Å²) in [4.78, 5) is 7.28. The maximum atomic E-state index is 4.76. The average molecular weight is 277 g/mol. The molecule has 0 aliphatic heterocycles. The molecule has 0 aliphatic rings. The average Bonchev–Trinajstić information content (AvgIpc) is 2.44. The second-order valence-corrected chi connectivity index (χ2v) is 5.67. The Morgan fingerprint density at radius 3 is 2.55 bits per heavy atom. The van der Waals surface area contributed by atoms with Gasteiger partial charge in [-0.2, -0.15) is 0 Å². The van der Waals surface area contributed by atoms with Crippen LogP contribution in [0.25, 0.3) is 0 Å². The minimum absolute atomic E-state index is 0.575. The molecule has 0 fully saturated rings. The summed E-state index contributed by atoms with van der Waals surface area (Å²) in [5.74, 6) is 0. The normalized spacial score (nSPS) is 11.5. The Morgan fingerprint density at radius 1 is 1.15 bits per heavy atom. The number of rotatable bonds is 10. The van der Waals surface area contributed by atoms with Crippen LogP contribution in [0.3, 0.4) is 0 Å². The summed E-state index contributed by atoms with van der Waals surface area (Å²) in [5.41, 5.74) is 2.33. The summed E-state index contributed by atoms with van der Waals surface area (Å²) >= 11 is 0. The number of hydrogen-bond acceptors (Lipinski definition) is 3. The van der Waals surface area contributed by atoms with Crippen molar-refractivity contribution in [1.29, 1.82) is 0 Å². The molecular weight excluding hydrogens is 246 g/mol. The number of nitrogens with zero attached hydrogens (tertiary/aromatic N) is 2. The van der Waals surface area contributed by atoms with Crippen molar-refractivity contribution in [3.8, 4) is 0 Å². The van der Waals surface area contributed by atoms with Crippen LogP contribution in [-0.4, -0.2) is 29.0 Å². The van der Waals surface area contributed by atoms with Gasteiger partial charge in [0.15, 0.2) is 0 Å². The van der Waals surface area contributed by atoms with Crippen LogP contribution in [0, 0.1) is 0 Å². The predicted molar refractivity (Wildman–Crippen MR) is 86.7 cm³/mol. The third-order valence-electron chi connectivity index (χ3n) is 3.56. The Hall–Kier alpha value is -0.930. The van der Waals surface area contributed by atoms with Gasteiger partial charge in [0.05, 0.1) is 11.4 Å². The summed E-state index contributed by atoms with van der Waals surface area (Å²) in [6, 6.07) is 6.94. The van der Waals surface area contributed by atoms with Gasteiger partial charge >= 0.3 is 0 Å². The first-order valence-electron chi connectivity index (χ1n) is 8.07. The highest BCUT2D eigenvalue weighted by Crippen LogP contribution is 2.09. The molecule has 0 unspecified atom stereocenters. The fourth-order valence-electron chi connectivity index (χ4n) is 2.26. The molecular formula is C17H31N3. The lowest BCUT2D eigenvalue weighted by Crippen LogP contribution is -2.31. The molecule has 0 bridgehead atoms. The Morgan fingerprint density at radius 2 is 1.90 bits per heavy atom. The maximum Gasteiger partial charge on any atom is 0.0547 e. The van der Waals surface area contributed by atoms with E-state index in [0.717, 1.165) is 25.3 Å². The molecule has 0 radical (unpaired) electrons. The zero-order chi connectivity index (χ0) is 14.8. The van der Waals surface area contributed by atoms with E-state index >= 15 is 0 Å². The lowest BCUT2D eigenvalue weighted by molar-refractivity contribution is 0.206. The summed E-state index contributed by atoms with van der Waals surface area (Å²) in [6.45, 7) is 12.9. The molecule has 1 aromatic rings. The first-order chi connectivity index (χ1) is 9.67. The number of aromatic nitrogens is 1. The molecule has 1 rings (SSSR count). The van der Waals surface area contributed by atoms with Gasteiger partial charge in [0.25, 0.3) is 0 Å². The van der Waals surface area contributed by atoms with E-state index in [2.05, 4.69) is 56.1 Å². The van der Waals surface area contributed by atoms with Gasteiger partial charge in [-0.15, -0.1) is 0 Å². The fraction of sp³-hybridized carbons (Fsp3) is 0.706. The van der Waals surface area contributed by atoms with Crippen molar-refractivity contribution < 1.29 is 0 Å². The van der Waals surface area contributed by atoms with Crippen LogP contribution in [0.2, 0.25) is 0 Å². The quantitative estimate of drug-likeness (QED) is 0.662. The first-order valence-corrected chi connectivity index (χ1v) is 8.07. The largest absolute Gasteiger partial charge is 0.311 e. The molecule has 0 aliphatic carbocycles. The van der Waals surface area contributed by atoms with Crippen LogP contribution < -0.4 is 5.32 Å². The van der Waals surface area contributed by atoms with Crippen LogP contribution in [-0.2, 0) is 13.1 Å². The molecule has 114 valence electrons. The third kappa shape index (κ3) is 6.49. The van der Waals surface area contributed by atoms with Gasteiger partial charge in [0.2, 0.25) is 0 Å².